The lowest BCUT2D eigenvalue weighted by Crippen LogP contribution is -2.30. The van der Waals surface area contributed by atoms with Crippen LogP contribution in [-0.4, -0.2) is 35.3 Å². The molecular formula is C12H14N4O3. The largest absolute Gasteiger partial charge is 0.449 e. The summed E-state index contributed by atoms with van der Waals surface area (Å²) in [7, 11) is 1.50. The summed E-state index contributed by atoms with van der Waals surface area (Å²) in [4.78, 5) is 27.4. The van der Waals surface area contributed by atoms with Crippen LogP contribution in [-0.2, 0) is 4.74 Å². The van der Waals surface area contributed by atoms with Gasteiger partial charge in [-0.25, -0.2) is 19.9 Å². The summed E-state index contributed by atoms with van der Waals surface area (Å²) in [6.45, 7) is 1.94. The van der Waals surface area contributed by atoms with E-state index in [1.165, 1.54) is 11.7 Å². The number of nitrogens with one attached hydrogen (secondary N) is 2. The number of nitrogens with zero attached hydrogens (tertiary/aromatic N) is 2. The van der Waals surface area contributed by atoms with Crippen LogP contribution in [0, 0.1) is 0 Å². The molecule has 0 saturated heterocycles. The average molecular weight is 262 g/mol. The molecule has 0 fully saturated rings. The number of hydrogen-bond acceptors (Lipinski definition) is 4. The van der Waals surface area contributed by atoms with Crippen molar-refractivity contribution in [2.45, 2.75) is 6.92 Å². The zero-order valence-corrected chi connectivity index (χ0v) is 10.6. The topological polar surface area (TPSA) is 85.2 Å². The molecule has 0 unspecified atom stereocenters. The van der Waals surface area contributed by atoms with Crippen molar-refractivity contribution >= 4 is 23.0 Å². The molecule has 0 radical (unpaired) electrons. The van der Waals surface area contributed by atoms with Gasteiger partial charge in [-0.15, -0.1) is 0 Å². The van der Waals surface area contributed by atoms with Crippen LogP contribution < -0.4 is 10.7 Å². The second kappa shape index (κ2) is 5.38. The van der Waals surface area contributed by atoms with E-state index in [0.717, 1.165) is 0 Å². The van der Waals surface area contributed by atoms with Gasteiger partial charge < -0.3 is 10.1 Å². The molecular weight excluding hydrogens is 248 g/mol. The molecule has 2 N–H and O–H groups in total. The average Bonchev–Trinajstić information content (AvgIpc) is 2.77. The molecule has 2 rings (SSSR count). The lowest BCUT2D eigenvalue weighted by Gasteiger charge is -2.09. The first kappa shape index (κ1) is 12.9. The maximum absolute atomic E-state index is 11.8. The number of carbonyl (C=O) groups excluding carboxylic acids is 2. The number of ether oxygens (including phenoxy) is 1. The van der Waals surface area contributed by atoms with E-state index in [1.54, 1.807) is 31.2 Å². The summed E-state index contributed by atoms with van der Waals surface area (Å²) in [6, 6.07) is 7.10. The lowest BCUT2D eigenvalue weighted by atomic mass is 10.3. The summed E-state index contributed by atoms with van der Waals surface area (Å²) in [5.74, 6) is -0.301. The minimum absolute atomic E-state index is 0.0942. The van der Waals surface area contributed by atoms with E-state index in [-0.39, 0.29) is 12.4 Å². The minimum Gasteiger partial charge on any atom is -0.449 e. The van der Waals surface area contributed by atoms with Crippen LogP contribution in [0.25, 0.3) is 11.0 Å². The summed E-state index contributed by atoms with van der Waals surface area (Å²) in [5, 5.41) is 2.47. The van der Waals surface area contributed by atoms with Crippen molar-refractivity contribution in [1.82, 2.24) is 15.0 Å². The molecule has 100 valence electrons. The first-order chi connectivity index (χ1) is 9.17. The molecule has 2 amide bonds. The highest BCUT2D eigenvalue weighted by atomic mass is 16.6. The summed E-state index contributed by atoms with van der Waals surface area (Å²) in [6.07, 6.45) is -0.643. The Labute approximate surface area is 109 Å². The second-order valence-corrected chi connectivity index (χ2v) is 3.67. The molecule has 0 bridgehead atoms. The molecule has 1 aromatic heterocycles. The molecule has 2 aromatic rings. The number of rotatable bonds is 3. The van der Waals surface area contributed by atoms with Gasteiger partial charge in [0.05, 0.1) is 17.6 Å². The Kier molecular flexibility index (Phi) is 3.65. The number of imidazole rings is 1. The van der Waals surface area contributed by atoms with E-state index in [9.17, 15) is 9.59 Å². The van der Waals surface area contributed by atoms with Gasteiger partial charge in [0.1, 0.15) is 0 Å². The van der Waals surface area contributed by atoms with Crippen LogP contribution in [0.5, 0.6) is 0 Å². The van der Waals surface area contributed by atoms with Crippen molar-refractivity contribution in [3.63, 3.8) is 0 Å². The highest BCUT2D eigenvalue weighted by Crippen LogP contribution is 2.14. The number of hydrogen-bond donors (Lipinski definition) is 2. The number of para-hydroxylation sites is 2. The van der Waals surface area contributed by atoms with E-state index < -0.39 is 12.0 Å². The first-order valence-corrected chi connectivity index (χ1v) is 5.80. The molecule has 0 saturated carbocycles. The monoisotopic (exact) mass is 262 g/mol. The Morgan fingerprint density at radius 2 is 2.11 bits per heavy atom. The van der Waals surface area contributed by atoms with Crippen molar-refractivity contribution in [2.24, 2.45) is 0 Å². The maximum atomic E-state index is 11.8. The fourth-order valence-electron chi connectivity index (χ4n) is 1.66. The normalized spacial score (nSPS) is 10.2. The number of amides is 2. The van der Waals surface area contributed by atoms with Crippen LogP contribution in [0.2, 0.25) is 0 Å². The molecule has 0 atom stereocenters. The molecule has 0 aliphatic rings. The molecule has 19 heavy (non-hydrogen) atoms. The van der Waals surface area contributed by atoms with Gasteiger partial charge in [-0.2, -0.15) is 0 Å². The van der Waals surface area contributed by atoms with Gasteiger partial charge in [-0.1, -0.05) is 12.1 Å². The third kappa shape index (κ3) is 2.49. The fourth-order valence-corrected chi connectivity index (χ4v) is 1.66. The van der Waals surface area contributed by atoms with E-state index in [0.29, 0.717) is 11.0 Å². The second-order valence-electron chi connectivity index (χ2n) is 3.67. The first-order valence-electron chi connectivity index (χ1n) is 5.80. The van der Waals surface area contributed by atoms with Crippen molar-refractivity contribution in [3.8, 4) is 0 Å². The van der Waals surface area contributed by atoms with E-state index >= 15 is 0 Å². The van der Waals surface area contributed by atoms with Crippen molar-refractivity contribution in [3.05, 3.63) is 30.1 Å². The van der Waals surface area contributed by atoms with Crippen LogP contribution in [0.4, 0.5) is 4.79 Å². The number of carbonyl (C=O) groups is 2. The smallest absolute Gasteiger partial charge is 0.426 e. The fraction of sp³-hybridized carbons (Fsp3) is 0.250. The van der Waals surface area contributed by atoms with Gasteiger partial charge in [0.25, 0.3) is 5.91 Å². The number of aromatic nitrogens is 2. The molecule has 7 heteroatoms. The third-order valence-corrected chi connectivity index (χ3v) is 2.47. The molecule has 7 nitrogen and oxygen atoms in total. The predicted molar refractivity (Wildman–Crippen MR) is 69.5 cm³/mol. The Hall–Kier alpha value is -2.57. The van der Waals surface area contributed by atoms with Crippen LogP contribution >= 0.6 is 0 Å². The van der Waals surface area contributed by atoms with Crippen molar-refractivity contribution in [1.29, 1.82) is 0 Å². The van der Waals surface area contributed by atoms with Gasteiger partial charge in [0.15, 0.2) is 0 Å². The Morgan fingerprint density at radius 1 is 1.37 bits per heavy atom. The number of fused-ring (bicyclic) bond motifs is 1. The summed E-state index contributed by atoms with van der Waals surface area (Å²) < 4.78 is 6.11. The maximum Gasteiger partial charge on any atom is 0.426 e. The predicted octanol–water partition coefficient (Wildman–Crippen LogP) is 1.10. The van der Waals surface area contributed by atoms with Crippen molar-refractivity contribution in [2.75, 3.05) is 19.1 Å². The third-order valence-electron chi connectivity index (χ3n) is 2.47. The van der Waals surface area contributed by atoms with Gasteiger partial charge >= 0.3 is 6.09 Å². The van der Waals surface area contributed by atoms with Gasteiger partial charge in [-0.05, 0) is 19.1 Å². The van der Waals surface area contributed by atoms with Gasteiger partial charge in [-0.3, -0.25) is 4.79 Å². The molecule has 0 aliphatic carbocycles. The zero-order valence-electron chi connectivity index (χ0n) is 10.6. The van der Waals surface area contributed by atoms with E-state index in [2.05, 4.69) is 15.7 Å². The van der Waals surface area contributed by atoms with Crippen LogP contribution in [0.3, 0.4) is 0 Å². The SMILES string of the molecule is CCOC(=O)Nn1c(C(=O)NC)nc2ccccc21. The zero-order chi connectivity index (χ0) is 13.8. The molecule has 0 aliphatic heterocycles. The van der Waals surface area contributed by atoms with Gasteiger partial charge in [0, 0.05) is 7.05 Å². The lowest BCUT2D eigenvalue weighted by molar-refractivity contribution is 0.0950. The molecule has 1 aromatic carbocycles. The van der Waals surface area contributed by atoms with E-state index in [4.69, 9.17) is 4.74 Å². The Balaban J connectivity index is 2.48. The highest BCUT2D eigenvalue weighted by molar-refractivity contribution is 5.96. The Bertz CT molecular complexity index is 620. The van der Waals surface area contributed by atoms with Gasteiger partial charge in [0.2, 0.25) is 5.82 Å². The minimum atomic E-state index is -0.643. The summed E-state index contributed by atoms with van der Waals surface area (Å²) >= 11 is 0. The van der Waals surface area contributed by atoms with Crippen LogP contribution in [0.1, 0.15) is 17.5 Å². The quantitative estimate of drug-likeness (QED) is 0.867. The number of benzene rings is 1. The summed E-state index contributed by atoms with van der Waals surface area (Å²) in [5.41, 5.74) is 3.71. The molecule has 0 spiro atoms. The van der Waals surface area contributed by atoms with E-state index in [1.807, 2.05) is 0 Å². The standard InChI is InChI=1S/C12H14N4O3/c1-3-19-12(18)15-16-9-7-5-4-6-8(9)14-10(16)11(17)13-2/h4-7H,3H2,1-2H3,(H,13,17)(H,15,18). The Morgan fingerprint density at radius 3 is 2.79 bits per heavy atom. The van der Waals surface area contributed by atoms with Crippen LogP contribution in [0.15, 0.2) is 24.3 Å². The highest BCUT2D eigenvalue weighted by Gasteiger charge is 2.18. The molecule has 1 heterocycles. The van der Waals surface area contributed by atoms with Crippen molar-refractivity contribution < 1.29 is 14.3 Å².